The van der Waals surface area contributed by atoms with Crippen LogP contribution in [0.3, 0.4) is 0 Å². The van der Waals surface area contributed by atoms with Crippen LogP contribution in [-0.4, -0.2) is 14.1 Å². The zero-order chi connectivity index (χ0) is 11.0. The fourth-order valence-electron chi connectivity index (χ4n) is 1.03. The molecule has 0 spiro atoms. The fourth-order valence-corrected chi connectivity index (χ4v) is 2.23. The largest absolute Gasteiger partial charge is 0.396 e. The van der Waals surface area contributed by atoms with E-state index in [9.17, 15) is 0 Å². The Bertz CT molecular complexity index is 347. The van der Waals surface area contributed by atoms with Crippen molar-refractivity contribution in [1.29, 1.82) is 0 Å². The second-order valence-corrected chi connectivity index (χ2v) is 4.42. The second kappa shape index (κ2) is 4.23. The summed E-state index contributed by atoms with van der Waals surface area (Å²) in [5.74, 6) is 0. The Balaban J connectivity index is 3.60. The molecule has 0 atom stereocenters. The third kappa shape index (κ3) is 1.84. The molecule has 14 heavy (non-hydrogen) atoms. The molecule has 0 fully saturated rings. The van der Waals surface area contributed by atoms with Gasteiger partial charge >= 0.3 is 0 Å². The first-order valence-electron chi connectivity index (χ1n) is 3.66. The van der Waals surface area contributed by atoms with E-state index in [1.165, 1.54) is 0 Å². The molecule has 6 heteroatoms. The number of nitrogen functional groups attached to an aromatic ring is 1. The minimum Gasteiger partial charge on any atom is -0.396 e. The van der Waals surface area contributed by atoms with Crippen molar-refractivity contribution in [3.05, 3.63) is 20.1 Å². The van der Waals surface area contributed by atoms with Gasteiger partial charge in [-0.25, -0.2) is 0 Å². The molecule has 0 aliphatic rings. The van der Waals surface area contributed by atoms with E-state index in [4.69, 9.17) is 52.1 Å². The van der Waals surface area contributed by atoms with Crippen molar-refractivity contribution in [2.24, 2.45) is 0 Å². The smallest absolute Gasteiger partial charge is 0.0863 e. The number of benzene rings is 1. The maximum Gasteiger partial charge on any atom is 0.0863 e. The van der Waals surface area contributed by atoms with Crippen LogP contribution in [0.4, 0.5) is 11.4 Å². The molecular formula is C8H8Cl4N2. The summed E-state index contributed by atoms with van der Waals surface area (Å²) in [7, 11) is 3.58. The van der Waals surface area contributed by atoms with Crippen molar-refractivity contribution in [1.82, 2.24) is 0 Å². The highest BCUT2D eigenvalue weighted by atomic mass is 35.5. The number of rotatable bonds is 1. The normalized spacial score (nSPS) is 10.4. The maximum atomic E-state index is 5.97. The molecule has 0 aromatic heterocycles. The topological polar surface area (TPSA) is 29.3 Å². The lowest BCUT2D eigenvalue weighted by molar-refractivity contribution is 1.13. The SMILES string of the molecule is CN(C)c1c(Cl)c(Cl)c(N)c(Cl)c1Cl. The van der Waals surface area contributed by atoms with Crippen LogP contribution in [0.1, 0.15) is 0 Å². The Hall–Kier alpha value is -0.0200. The summed E-state index contributed by atoms with van der Waals surface area (Å²) in [6.07, 6.45) is 0. The summed E-state index contributed by atoms with van der Waals surface area (Å²) >= 11 is 23.7. The van der Waals surface area contributed by atoms with E-state index in [2.05, 4.69) is 0 Å². The van der Waals surface area contributed by atoms with Crippen LogP contribution in [0, 0.1) is 0 Å². The first kappa shape index (κ1) is 12.1. The van der Waals surface area contributed by atoms with E-state index in [1.807, 2.05) is 0 Å². The van der Waals surface area contributed by atoms with Crippen LogP contribution in [0.5, 0.6) is 0 Å². The highest BCUT2D eigenvalue weighted by Gasteiger charge is 2.19. The van der Waals surface area contributed by atoms with Crippen molar-refractivity contribution >= 4 is 57.8 Å². The summed E-state index contributed by atoms with van der Waals surface area (Å²) in [6.45, 7) is 0. The summed E-state index contributed by atoms with van der Waals surface area (Å²) in [6, 6.07) is 0. The molecule has 0 radical (unpaired) electrons. The van der Waals surface area contributed by atoms with E-state index in [-0.39, 0.29) is 15.7 Å². The average Bonchev–Trinajstić information content (AvgIpc) is 2.11. The Morgan fingerprint density at radius 3 is 1.50 bits per heavy atom. The Morgan fingerprint density at radius 1 is 0.857 bits per heavy atom. The van der Waals surface area contributed by atoms with Gasteiger partial charge in [0.1, 0.15) is 0 Å². The molecule has 1 aromatic carbocycles. The molecule has 0 amide bonds. The van der Waals surface area contributed by atoms with Crippen molar-refractivity contribution < 1.29 is 0 Å². The number of nitrogens with two attached hydrogens (primary N) is 1. The van der Waals surface area contributed by atoms with Gasteiger partial charge in [0.25, 0.3) is 0 Å². The summed E-state index contributed by atoms with van der Waals surface area (Å²) < 4.78 is 0. The molecular weight excluding hydrogens is 266 g/mol. The van der Waals surface area contributed by atoms with Crippen LogP contribution in [0.15, 0.2) is 0 Å². The molecule has 0 saturated carbocycles. The molecule has 0 bridgehead atoms. The van der Waals surface area contributed by atoms with E-state index in [0.717, 1.165) is 0 Å². The van der Waals surface area contributed by atoms with Gasteiger partial charge in [0, 0.05) is 14.1 Å². The van der Waals surface area contributed by atoms with Gasteiger partial charge in [-0.2, -0.15) is 0 Å². The number of nitrogens with zero attached hydrogens (tertiary/aromatic N) is 1. The van der Waals surface area contributed by atoms with Crippen LogP contribution in [0.2, 0.25) is 20.1 Å². The predicted octanol–water partition coefficient (Wildman–Crippen LogP) is 3.95. The molecule has 1 rings (SSSR count). The summed E-state index contributed by atoms with van der Waals surface area (Å²) in [4.78, 5) is 1.72. The van der Waals surface area contributed by atoms with E-state index >= 15 is 0 Å². The van der Waals surface area contributed by atoms with Crippen LogP contribution < -0.4 is 10.6 Å². The maximum absolute atomic E-state index is 5.97. The standard InChI is InChI=1S/C8H8Cl4N2/c1-14(2)8-5(11)3(9)7(13)4(10)6(8)12/h13H2,1-2H3. The molecule has 0 saturated heterocycles. The molecule has 2 nitrogen and oxygen atoms in total. The van der Waals surface area contributed by atoms with Crippen molar-refractivity contribution in [3.8, 4) is 0 Å². The van der Waals surface area contributed by atoms with Crippen LogP contribution in [-0.2, 0) is 0 Å². The molecule has 0 unspecified atom stereocenters. The van der Waals surface area contributed by atoms with Gasteiger partial charge in [-0.15, -0.1) is 0 Å². The van der Waals surface area contributed by atoms with Crippen LogP contribution >= 0.6 is 46.4 Å². The first-order chi connectivity index (χ1) is 6.37. The average molecular weight is 274 g/mol. The van der Waals surface area contributed by atoms with Crippen molar-refractivity contribution in [3.63, 3.8) is 0 Å². The molecule has 0 aliphatic carbocycles. The van der Waals surface area contributed by atoms with Gasteiger partial charge in [-0.05, 0) is 0 Å². The zero-order valence-electron chi connectivity index (χ0n) is 7.54. The van der Waals surface area contributed by atoms with Crippen LogP contribution in [0.25, 0.3) is 0 Å². The lowest BCUT2D eigenvalue weighted by Crippen LogP contribution is -2.11. The molecule has 0 aliphatic heterocycles. The number of halogens is 4. The predicted molar refractivity (Wildman–Crippen MR) is 65.2 cm³/mol. The minimum absolute atomic E-state index is 0.203. The molecule has 78 valence electrons. The quantitative estimate of drug-likeness (QED) is 0.620. The van der Waals surface area contributed by atoms with E-state index in [0.29, 0.717) is 15.7 Å². The first-order valence-corrected chi connectivity index (χ1v) is 5.17. The van der Waals surface area contributed by atoms with Gasteiger partial charge in [-0.3, -0.25) is 0 Å². The van der Waals surface area contributed by atoms with Gasteiger partial charge in [0.05, 0.1) is 31.5 Å². The van der Waals surface area contributed by atoms with E-state index < -0.39 is 0 Å². The van der Waals surface area contributed by atoms with Gasteiger partial charge < -0.3 is 10.6 Å². The Kier molecular flexibility index (Phi) is 3.64. The Labute approximate surface area is 102 Å². The number of hydrogen-bond donors (Lipinski definition) is 1. The highest BCUT2D eigenvalue weighted by molar-refractivity contribution is 6.52. The zero-order valence-corrected chi connectivity index (χ0v) is 10.6. The Morgan fingerprint density at radius 2 is 1.21 bits per heavy atom. The minimum atomic E-state index is 0.203. The van der Waals surface area contributed by atoms with Crippen molar-refractivity contribution in [2.45, 2.75) is 0 Å². The van der Waals surface area contributed by atoms with Gasteiger partial charge in [0.15, 0.2) is 0 Å². The third-order valence-corrected chi connectivity index (χ3v) is 3.44. The number of hydrogen-bond acceptors (Lipinski definition) is 2. The third-order valence-electron chi connectivity index (χ3n) is 1.72. The molecule has 1 aromatic rings. The highest BCUT2D eigenvalue weighted by Crippen LogP contribution is 2.46. The van der Waals surface area contributed by atoms with Gasteiger partial charge in [-0.1, -0.05) is 46.4 Å². The molecule has 0 heterocycles. The second-order valence-electron chi connectivity index (χ2n) is 2.91. The lowest BCUT2D eigenvalue weighted by atomic mass is 10.2. The van der Waals surface area contributed by atoms with Crippen molar-refractivity contribution in [2.75, 3.05) is 24.7 Å². The summed E-state index contributed by atoms with van der Waals surface area (Å²) in [5.41, 5.74) is 6.37. The number of anilines is 2. The summed E-state index contributed by atoms with van der Waals surface area (Å²) in [5, 5.41) is 1.07. The van der Waals surface area contributed by atoms with Gasteiger partial charge in [0.2, 0.25) is 0 Å². The van der Waals surface area contributed by atoms with E-state index in [1.54, 1.807) is 19.0 Å². The monoisotopic (exact) mass is 272 g/mol. The lowest BCUT2D eigenvalue weighted by Gasteiger charge is -2.19. The fraction of sp³-hybridized carbons (Fsp3) is 0.250. The molecule has 2 N–H and O–H groups in total.